The number of carbonyl (C=O) groups is 1. The molecular weight excluding hydrogens is 485 g/mol. The van der Waals surface area contributed by atoms with Gasteiger partial charge in [-0.15, -0.1) is 0 Å². The van der Waals surface area contributed by atoms with Crippen molar-refractivity contribution in [2.24, 2.45) is 0 Å². The number of rotatable bonds is 6. The Labute approximate surface area is 210 Å². The molecule has 0 aliphatic heterocycles. The minimum atomic E-state index is -5.01. The first-order chi connectivity index (χ1) is 17.5. The van der Waals surface area contributed by atoms with Crippen LogP contribution in [0.4, 0.5) is 13.2 Å². The van der Waals surface area contributed by atoms with E-state index in [1.54, 1.807) is 25.1 Å². The minimum absolute atomic E-state index is 0.0546. The maximum absolute atomic E-state index is 13.8. The molecule has 1 heterocycles. The molecule has 0 aliphatic rings. The van der Waals surface area contributed by atoms with Gasteiger partial charge in [-0.05, 0) is 54.3 Å². The molecule has 0 saturated heterocycles. The second-order valence-corrected chi connectivity index (χ2v) is 8.74. The SMILES string of the molecule is Cc1ccc(Oc2c(C(F)(F)F)oc3cc(OC(=O)/C=C/c4ccc(C(C)C)cc4)ccc3c2=O)cc1. The second-order valence-electron chi connectivity index (χ2n) is 8.74. The van der Waals surface area contributed by atoms with E-state index in [9.17, 15) is 22.8 Å². The first-order valence-electron chi connectivity index (χ1n) is 11.4. The van der Waals surface area contributed by atoms with Gasteiger partial charge in [0.2, 0.25) is 11.2 Å². The van der Waals surface area contributed by atoms with Crippen LogP contribution >= 0.6 is 0 Å². The highest BCUT2D eigenvalue weighted by Crippen LogP contribution is 2.38. The van der Waals surface area contributed by atoms with Gasteiger partial charge in [0.1, 0.15) is 17.1 Å². The van der Waals surface area contributed by atoms with E-state index in [4.69, 9.17) is 13.9 Å². The maximum atomic E-state index is 13.8. The lowest BCUT2D eigenvalue weighted by Gasteiger charge is -2.13. The Kier molecular flexibility index (Phi) is 7.20. The van der Waals surface area contributed by atoms with Crippen LogP contribution in [-0.4, -0.2) is 5.97 Å². The number of hydrogen-bond donors (Lipinski definition) is 0. The van der Waals surface area contributed by atoms with Crippen molar-refractivity contribution in [2.45, 2.75) is 32.9 Å². The number of carbonyl (C=O) groups excluding carboxylic acids is 1. The summed E-state index contributed by atoms with van der Waals surface area (Å²) in [5, 5.41) is -0.157. The van der Waals surface area contributed by atoms with E-state index in [1.807, 2.05) is 24.3 Å². The number of hydrogen-bond acceptors (Lipinski definition) is 5. The Balaban J connectivity index is 1.61. The van der Waals surface area contributed by atoms with Gasteiger partial charge in [0.15, 0.2) is 0 Å². The molecule has 0 unspecified atom stereocenters. The Bertz CT molecular complexity index is 1510. The van der Waals surface area contributed by atoms with Crippen molar-refractivity contribution in [3.8, 4) is 17.2 Å². The molecule has 5 nitrogen and oxygen atoms in total. The van der Waals surface area contributed by atoms with Crippen LogP contribution in [0.2, 0.25) is 0 Å². The molecule has 190 valence electrons. The molecular formula is C29H23F3O5. The Morgan fingerprint density at radius 1 is 0.946 bits per heavy atom. The number of esters is 1. The van der Waals surface area contributed by atoms with Gasteiger partial charge in [-0.1, -0.05) is 55.8 Å². The largest absolute Gasteiger partial charge is 0.453 e. The van der Waals surface area contributed by atoms with Crippen LogP contribution in [0.15, 0.2) is 82.0 Å². The molecule has 0 amide bonds. The number of fused-ring (bicyclic) bond motifs is 1. The lowest BCUT2D eigenvalue weighted by molar-refractivity contribution is -0.154. The highest BCUT2D eigenvalue weighted by molar-refractivity contribution is 5.89. The standard InChI is InChI=1S/C29H23F3O5/c1-17(2)20-9-6-19(7-10-20)8-15-25(33)35-22-13-14-23-24(16-22)37-28(29(30,31)32)27(26(23)34)36-21-11-4-18(3)5-12-21/h4-17H,1-3H3/b15-8+. The zero-order chi connectivity index (χ0) is 26.7. The molecule has 1 aromatic heterocycles. The van der Waals surface area contributed by atoms with E-state index >= 15 is 0 Å². The van der Waals surface area contributed by atoms with E-state index < -0.39 is 34.7 Å². The predicted molar refractivity (Wildman–Crippen MR) is 134 cm³/mol. The maximum Gasteiger partial charge on any atom is 0.453 e. The van der Waals surface area contributed by atoms with E-state index in [1.165, 1.54) is 30.3 Å². The Morgan fingerprint density at radius 3 is 2.22 bits per heavy atom. The fourth-order valence-electron chi connectivity index (χ4n) is 3.53. The zero-order valence-electron chi connectivity index (χ0n) is 20.3. The number of halogens is 3. The summed E-state index contributed by atoms with van der Waals surface area (Å²) in [5.74, 6) is -2.96. The van der Waals surface area contributed by atoms with Crippen LogP contribution in [0, 0.1) is 6.92 Å². The van der Waals surface area contributed by atoms with Gasteiger partial charge in [-0.25, -0.2) is 4.79 Å². The smallest absolute Gasteiger partial charge is 0.449 e. The topological polar surface area (TPSA) is 65.7 Å². The van der Waals surface area contributed by atoms with Gasteiger partial charge < -0.3 is 13.9 Å². The number of ether oxygens (including phenoxy) is 2. The number of aryl methyl sites for hydroxylation is 1. The van der Waals surface area contributed by atoms with E-state index in [0.29, 0.717) is 5.92 Å². The highest BCUT2D eigenvalue weighted by Gasteiger charge is 2.40. The molecule has 0 fully saturated rings. The predicted octanol–water partition coefficient (Wildman–Crippen LogP) is 7.65. The monoisotopic (exact) mass is 508 g/mol. The summed E-state index contributed by atoms with van der Waals surface area (Å²) in [6.45, 7) is 5.95. The highest BCUT2D eigenvalue weighted by atomic mass is 19.4. The number of alkyl halides is 3. The molecule has 0 aliphatic carbocycles. The van der Waals surface area contributed by atoms with Gasteiger partial charge in [-0.3, -0.25) is 4.79 Å². The van der Waals surface area contributed by atoms with Crippen molar-refractivity contribution < 1.29 is 31.9 Å². The van der Waals surface area contributed by atoms with Gasteiger partial charge in [0, 0.05) is 12.1 Å². The van der Waals surface area contributed by atoms with Crippen molar-refractivity contribution in [3.05, 3.63) is 105 Å². The van der Waals surface area contributed by atoms with Crippen LogP contribution in [0.5, 0.6) is 17.2 Å². The van der Waals surface area contributed by atoms with Crippen LogP contribution in [0.1, 0.15) is 42.2 Å². The third-order valence-corrected chi connectivity index (χ3v) is 5.55. The van der Waals surface area contributed by atoms with Crippen molar-refractivity contribution in [1.82, 2.24) is 0 Å². The van der Waals surface area contributed by atoms with Crippen molar-refractivity contribution in [3.63, 3.8) is 0 Å². The molecule has 0 radical (unpaired) electrons. The lowest BCUT2D eigenvalue weighted by Crippen LogP contribution is -2.15. The van der Waals surface area contributed by atoms with E-state index in [0.717, 1.165) is 22.8 Å². The summed E-state index contributed by atoms with van der Waals surface area (Å²) in [6, 6.07) is 17.4. The minimum Gasteiger partial charge on any atom is -0.449 e. The molecule has 8 heteroatoms. The lowest BCUT2D eigenvalue weighted by atomic mass is 10.0. The fourth-order valence-corrected chi connectivity index (χ4v) is 3.53. The third-order valence-electron chi connectivity index (χ3n) is 5.55. The average molecular weight is 508 g/mol. The van der Waals surface area contributed by atoms with E-state index in [-0.39, 0.29) is 16.9 Å². The summed E-state index contributed by atoms with van der Waals surface area (Å²) in [5.41, 5.74) is 1.41. The van der Waals surface area contributed by atoms with Crippen molar-refractivity contribution in [2.75, 3.05) is 0 Å². The molecule has 0 bridgehead atoms. The van der Waals surface area contributed by atoms with Crippen molar-refractivity contribution >= 4 is 23.0 Å². The quantitative estimate of drug-likeness (QED) is 0.152. The molecule has 0 N–H and O–H groups in total. The average Bonchev–Trinajstić information content (AvgIpc) is 2.85. The summed E-state index contributed by atoms with van der Waals surface area (Å²) < 4.78 is 56.8. The summed E-state index contributed by atoms with van der Waals surface area (Å²) in [7, 11) is 0. The molecule has 0 atom stereocenters. The second kappa shape index (κ2) is 10.3. The molecule has 4 aromatic rings. The van der Waals surface area contributed by atoms with Gasteiger partial charge in [0.05, 0.1) is 5.39 Å². The molecule has 0 spiro atoms. The van der Waals surface area contributed by atoms with Gasteiger partial charge in [0.25, 0.3) is 5.76 Å². The van der Waals surface area contributed by atoms with Crippen LogP contribution in [0.3, 0.4) is 0 Å². The van der Waals surface area contributed by atoms with Crippen LogP contribution in [-0.2, 0) is 11.0 Å². The molecule has 0 saturated carbocycles. The first kappa shape index (κ1) is 25.8. The van der Waals surface area contributed by atoms with Crippen LogP contribution < -0.4 is 14.9 Å². The Hall–Kier alpha value is -4.33. The van der Waals surface area contributed by atoms with Crippen LogP contribution in [0.25, 0.3) is 17.0 Å². The fraction of sp³-hybridized carbons (Fsp3) is 0.172. The number of benzene rings is 3. The zero-order valence-corrected chi connectivity index (χ0v) is 20.3. The van der Waals surface area contributed by atoms with Gasteiger partial charge >= 0.3 is 12.1 Å². The first-order valence-corrected chi connectivity index (χ1v) is 11.4. The van der Waals surface area contributed by atoms with Gasteiger partial charge in [-0.2, -0.15) is 13.2 Å². The molecule has 37 heavy (non-hydrogen) atoms. The Morgan fingerprint density at radius 2 is 1.59 bits per heavy atom. The summed E-state index contributed by atoms with van der Waals surface area (Å²) in [4.78, 5) is 25.2. The van der Waals surface area contributed by atoms with E-state index in [2.05, 4.69) is 13.8 Å². The third kappa shape index (κ3) is 6.09. The summed E-state index contributed by atoms with van der Waals surface area (Å²) in [6.07, 6.45) is -2.25. The van der Waals surface area contributed by atoms with Crippen molar-refractivity contribution in [1.29, 1.82) is 0 Å². The normalized spacial score (nSPS) is 11.9. The molecule has 3 aromatic carbocycles. The molecule has 4 rings (SSSR count). The summed E-state index contributed by atoms with van der Waals surface area (Å²) >= 11 is 0.